The number of carbonyl (C=O) groups is 3. The molecule has 0 saturated carbocycles. The number of nitrogens with one attached hydrogen (secondary N) is 4. The van der Waals surface area contributed by atoms with Gasteiger partial charge >= 0.3 is 12.2 Å². The van der Waals surface area contributed by atoms with Crippen molar-refractivity contribution in [2.75, 3.05) is 13.1 Å². The van der Waals surface area contributed by atoms with Crippen molar-refractivity contribution >= 4 is 29.0 Å². The molecule has 0 aliphatic carbocycles. The van der Waals surface area contributed by atoms with Crippen molar-refractivity contribution in [2.24, 2.45) is 0 Å². The van der Waals surface area contributed by atoms with Gasteiger partial charge in [0.2, 0.25) is 0 Å². The number of ether oxygens (including phenoxy) is 2. The molecule has 0 fully saturated rings. The van der Waals surface area contributed by atoms with E-state index in [9.17, 15) is 23.9 Å². The summed E-state index contributed by atoms with van der Waals surface area (Å²) in [5.74, 6) is -0.645. The summed E-state index contributed by atoms with van der Waals surface area (Å²) in [4.78, 5) is 41.7. The molecule has 0 unspecified atom stereocenters. The Balaban J connectivity index is 1.56. The van der Waals surface area contributed by atoms with Gasteiger partial charge in [0.15, 0.2) is 0 Å². The van der Waals surface area contributed by atoms with Gasteiger partial charge in [-0.25, -0.2) is 14.0 Å². The summed E-state index contributed by atoms with van der Waals surface area (Å²) in [6.45, 7) is 11.0. The first-order valence-corrected chi connectivity index (χ1v) is 15.5. The van der Waals surface area contributed by atoms with Crippen LogP contribution in [-0.4, -0.2) is 58.5 Å². The van der Waals surface area contributed by atoms with Gasteiger partial charge in [0.05, 0.1) is 0 Å². The van der Waals surface area contributed by atoms with Crippen LogP contribution < -0.4 is 16.0 Å². The topological polar surface area (TPSA) is 142 Å². The molecule has 47 heavy (non-hydrogen) atoms. The maximum Gasteiger partial charge on any atom is 0.407 e. The van der Waals surface area contributed by atoms with Crippen molar-refractivity contribution in [1.82, 2.24) is 20.9 Å². The molecule has 1 aromatic heterocycles. The third-order valence-electron chi connectivity index (χ3n) is 6.99. The standard InChI is InChI=1S/C36H43FN4O6/c1-35(2,3)46-33(44)38-19-7-8-26(40-34(45)47-36(4,5)6)21-39-32(43)31-30(23-11-16-27(42)17-12-23)28-18-13-24(20-29(28)41-31)22-9-14-25(37)15-10-22/h9-18,20,26,41-42H,7-8,19,21H2,1-6H3,(H,38,44)(H,39,43)(H,40,45)/t26-/m0/s1. The smallest absolute Gasteiger partial charge is 0.407 e. The van der Waals surface area contributed by atoms with Gasteiger partial charge in [-0.15, -0.1) is 0 Å². The first kappa shape index (κ1) is 34.8. The Hall–Kier alpha value is -5.06. The monoisotopic (exact) mass is 646 g/mol. The zero-order chi connectivity index (χ0) is 34.4. The first-order chi connectivity index (χ1) is 22.1. The van der Waals surface area contributed by atoms with Crippen molar-refractivity contribution in [3.05, 3.63) is 78.2 Å². The van der Waals surface area contributed by atoms with Crippen LogP contribution in [-0.2, 0) is 9.47 Å². The number of aromatic amines is 1. The summed E-state index contributed by atoms with van der Waals surface area (Å²) in [6, 6.07) is 17.9. The maximum atomic E-state index is 13.8. The highest BCUT2D eigenvalue weighted by molar-refractivity contribution is 6.10. The summed E-state index contributed by atoms with van der Waals surface area (Å²) in [5.41, 5.74) is 2.65. The summed E-state index contributed by atoms with van der Waals surface area (Å²) in [5, 5.41) is 19.2. The maximum absolute atomic E-state index is 13.8. The number of phenols is 1. The minimum Gasteiger partial charge on any atom is -0.508 e. The Morgan fingerprint density at radius 3 is 2.04 bits per heavy atom. The second kappa shape index (κ2) is 14.6. The number of hydrogen-bond donors (Lipinski definition) is 5. The van der Waals surface area contributed by atoms with Crippen molar-refractivity contribution in [3.8, 4) is 28.0 Å². The molecule has 4 aromatic rings. The second-order valence-corrected chi connectivity index (χ2v) is 13.3. The number of hydrogen-bond acceptors (Lipinski definition) is 6. The van der Waals surface area contributed by atoms with Crippen molar-refractivity contribution < 1.29 is 33.4 Å². The minimum atomic E-state index is -0.716. The number of phenolic OH excluding ortho intramolecular Hbond substituents is 1. The largest absolute Gasteiger partial charge is 0.508 e. The number of H-pyrrole nitrogens is 1. The lowest BCUT2D eigenvalue weighted by Gasteiger charge is -2.24. The number of fused-ring (bicyclic) bond motifs is 1. The summed E-state index contributed by atoms with van der Waals surface area (Å²) in [6.07, 6.45) is -0.244. The van der Waals surface area contributed by atoms with Gasteiger partial charge in [0, 0.05) is 35.6 Å². The SMILES string of the molecule is CC(C)(C)OC(=O)NCCC[C@@H](CNC(=O)c1[nH]c2cc(-c3ccc(F)cc3)ccc2c1-c1ccc(O)cc1)NC(=O)OC(C)(C)C. The van der Waals surface area contributed by atoms with Gasteiger partial charge in [-0.2, -0.15) is 0 Å². The fourth-order valence-corrected chi connectivity index (χ4v) is 4.97. The number of aromatic nitrogens is 1. The zero-order valence-corrected chi connectivity index (χ0v) is 27.6. The lowest BCUT2D eigenvalue weighted by atomic mass is 9.99. The predicted molar refractivity (Wildman–Crippen MR) is 180 cm³/mol. The molecule has 4 rings (SSSR count). The Bertz CT molecular complexity index is 1700. The number of halogens is 1. The molecule has 0 saturated heterocycles. The molecule has 250 valence electrons. The Labute approximate surface area is 274 Å². The number of carbonyl (C=O) groups excluding carboxylic acids is 3. The van der Waals surface area contributed by atoms with Crippen LogP contribution in [0.1, 0.15) is 64.9 Å². The Morgan fingerprint density at radius 2 is 1.40 bits per heavy atom. The molecule has 0 bridgehead atoms. The molecule has 3 amide bonds. The van der Waals surface area contributed by atoms with Crippen molar-refractivity contribution in [3.63, 3.8) is 0 Å². The summed E-state index contributed by atoms with van der Waals surface area (Å²) >= 11 is 0. The molecule has 0 aliphatic rings. The van der Waals surface area contributed by atoms with Crippen LogP contribution in [0.2, 0.25) is 0 Å². The number of benzene rings is 3. The van der Waals surface area contributed by atoms with Gasteiger partial charge < -0.3 is 35.5 Å². The predicted octanol–water partition coefficient (Wildman–Crippen LogP) is 7.27. The van der Waals surface area contributed by atoms with Crippen molar-refractivity contribution in [1.29, 1.82) is 0 Å². The highest BCUT2D eigenvalue weighted by Crippen LogP contribution is 2.35. The van der Waals surface area contributed by atoms with E-state index in [1.165, 1.54) is 12.1 Å². The molecule has 0 aliphatic heterocycles. The number of amides is 3. The lowest BCUT2D eigenvalue weighted by molar-refractivity contribution is 0.0487. The van der Waals surface area contributed by atoms with Crippen LogP contribution in [0.25, 0.3) is 33.2 Å². The molecule has 10 nitrogen and oxygen atoms in total. The minimum absolute atomic E-state index is 0.0791. The molecule has 11 heteroatoms. The highest BCUT2D eigenvalue weighted by atomic mass is 19.1. The van der Waals surface area contributed by atoms with E-state index in [0.717, 1.165) is 16.5 Å². The summed E-state index contributed by atoms with van der Waals surface area (Å²) < 4.78 is 24.3. The van der Waals surface area contributed by atoms with Gasteiger partial charge in [-0.1, -0.05) is 36.4 Å². The van der Waals surface area contributed by atoms with Crippen molar-refractivity contribution in [2.45, 2.75) is 71.6 Å². The van der Waals surface area contributed by atoms with E-state index >= 15 is 0 Å². The third kappa shape index (κ3) is 10.2. The molecule has 0 spiro atoms. The van der Waals surface area contributed by atoms with Gasteiger partial charge in [0.1, 0.15) is 28.5 Å². The molecule has 3 aromatic carbocycles. The van der Waals surface area contributed by atoms with E-state index < -0.39 is 35.3 Å². The normalized spacial score (nSPS) is 12.3. The third-order valence-corrected chi connectivity index (χ3v) is 6.99. The second-order valence-electron chi connectivity index (χ2n) is 13.3. The molecule has 1 heterocycles. The van der Waals surface area contributed by atoms with E-state index in [2.05, 4.69) is 20.9 Å². The van der Waals surface area contributed by atoms with Crippen LogP contribution in [0.15, 0.2) is 66.7 Å². The molecule has 5 N–H and O–H groups in total. The van der Waals surface area contributed by atoms with Gasteiger partial charge in [-0.3, -0.25) is 4.79 Å². The van der Waals surface area contributed by atoms with E-state index in [0.29, 0.717) is 41.7 Å². The number of alkyl carbamates (subject to hydrolysis) is 2. The summed E-state index contributed by atoms with van der Waals surface area (Å²) in [7, 11) is 0. The first-order valence-electron chi connectivity index (χ1n) is 15.5. The average Bonchev–Trinajstić information content (AvgIpc) is 3.35. The fraction of sp³-hybridized carbons (Fsp3) is 0.361. The van der Waals surface area contributed by atoms with E-state index in [1.54, 1.807) is 77.9 Å². The van der Waals surface area contributed by atoms with Gasteiger partial charge in [-0.05, 0) is 101 Å². The van der Waals surface area contributed by atoms with Crippen LogP contribution in [0.3, 0.4) is 0 Å². The Kier molecular flexibility index (Phi) is 10.8. The zero-order valence-electron chi connectivity index (χ0n) is 27.6. The number of rotatable bonds is 10. The molecule has 1 atom stereocenters. The van der Waals surface area contributed by atoms with Crippen LogP contribution in [0, 0.1) is 5.82 Å². The number of aromatic hydroxyl groups is 1. The average molecular weight is 647 g/mol. The fourth-order valence-electron chi connectivity index (χ4n) is 4.97. The molecular weight excluding hydrogens is 603 g/mol. The van der Waals surface area contributed by atoms with E-state index in [4.69, 9.17) is 9.47 Å². The van der Waals surface area contributed by atoms with Crippen LogP contribution >= 0.6 is 0 Å². The molecular formula is C36H43FN4O6. The van der Waals surface area contributed by atoms with Crippen LogP contribution in [0.4, 0.5) is 14.0 Å². The Morgan fingerprint density at radius 1 is 0.809 bits per heavy atom. The highest BCUT2D eigenvalue weighted by Gasteiger charge is 2.23. The van der Waals surface area contributed by atoms with E-state index in [1.807, 2.05) is 18.2 Å². The van der Waals surface area contributed by atoms with Crippen LogP contribution in [0.5, 0.6) is 5.75 Å². The quantitative estimate of drug-likeness (QED) is 0.115. The molecule has 0 radical (unpaired) electrons. The lowest BCUT2D eigenvalue weighted by Crippen LogP contribution is -2.46. The van der Waals surface area contributed by atoms with E-state index in [-0.39, 0.29) is 18.1 Å². The van der Waals surface area contributed by atoms with Gasteiger partial charge in [0.25, 0.3) is 5.91 Å².